The van der Waals surface area contributed by atoms with E-state index in [-0.39, 0.29) is 12.0 Å². The number of carboxylic acid groups (broad SMARTS) is 1. The number of nitrogens with zero attached hydrogens (tertiary/aromatic N) is 1. The van der Waals surface area contributed by atoms with Crippen LogP contribution >= 0.6 is 11.3 Å². The molecule has 1 fully saturated rings. The topological polar surface area (TPSA) is 40.5 Å². The molecule has 94 valence electrons. The third-order valence-corrected chi connectivity index (χ3v) is 4.58. The van der Waals surface area contributed by atoms with Crippen LogP contribution in [0.15, 0.2) is 6.07 Å². The van der Waals surface area contributed by atoms with Crippen molar-refractivity contribution in [1.29, 1.82) is 0 Å². The maximum absolute atomic E-state index is 11.3. The Balaban J connectivity index is 2.13. The molecule has 0 saturated carbocycles. The SMILES string of the molecule is Cc1cc(CN2CCC(C)C2C(=O)O)c(C)s1. The van der Waals surface area contributed by atoms with Crippen LogP contribution in [0.4, 0.5) is 0 Å². The summed E-state index contributed by atoms with van der Waals surface area (Å²) in [6.07, 6.45) is 0.985. The molecular formula is C13H19NO2S. The highest BCUT2D eigenvalue weighted by Crippen LogP contribution is 2.28. The zero-order valence-corrected chi connectivity index (χ0v) is 11.4. The van der Waals surface area contributed by atoms with E-state index in [1.165, 1.54) is 15.3 Å². The first-order valence-corrected chi connectivity index (χ1v) is 6.83. The first kappa shape index (κ1) is 12.6. The van der Waals surface area contributed by atoms with Gasteiger partial charge in [0.1, 0.15) is 6.04 Å². The van der Waals surface area contributed by atoms with E-state index >= 15 is 0 Å². The number of likely N-dealkylation sites (tertiary alicyclic amines) is 1. The summed E-state index contributed by atoms with van der Waals surface area (Å²) < 4.78 is 0. The predicted octanol–water partition coefficient (Wildman–Crippen LogP) is 2.66. The Hall–Kier alpha value is -0.870. The lowest BCUT2D eigenvalue weighted by molar-refractivity contribution is -0.143. The average molecular weight is 253 g/mol. The van der Waals surface area contributed by atoms with Crippen molar-refractivity contribution in [3.05, 3.63) is 21.4 Å². The lowest BCUT2D eigenvalue weighted by Gasteiger charge is -2.22. The van der Waals surface area contributed by atoms with Crippen LogP contribution in [-0.4, -0.2) is 28.6 Å². The minimum absolute atomic E-state index is 0.257. The molecule has 2 rings (SSSR count). The molecular weight excluding hydrogens is 234 g/mol. The molecule has 0 aliphatic carbocycles. The molecule has 0 radical (unpaired) electrons. The number of aryl methyl sites for hydroxylation is 2. The molecule has 0 amide bonds. The van der Waals surface area contributed by atoms with Crippen molar-refractivity contribution in [3.63, 3.8) is 0 Å². The van der Waals surface area contributed by atoms with Crippen molar-refractivity contribution in [3.8, 4) is 0 Å². The molecule has 0 bridgehead atoms. The maximum atomic E-state index is 11.3. The quantitative estimate of drug-likeness (QED) is 0.900. The van der Waals surface area contributed by atoms with E-state index < -0.39 is 5.97 Å². The third-order valence-electron chi connectivity index (χ3n) is 3.57. The van der Waals surface area contributed by atoms with Gasteiger partial charge < -0.3 is 5.11 Å². The maximum Gasteiger partial charge on any atom is 0.321 e. The molecule has 0 aromatic carbocycles. The van der Waals surface area contributed by atoms with Gasteiger partial charge >= 0.3 is 5.97 Å². The van der Waals surface area contributed by atoms with E-state index in [0.29, 0.717) is 0 Å². The van der Waals surface area contributed by atoms with Crippen LogP contribution in [0, 0.1) is 19.8 Å². The molecule has 1 aliphatic heterocycles. The second-order valence-electron chi connectivity index (χ2n) is 4.96. The van der Waals surface area contributed by atoms with E-state index in [1.54, 1.807) is 11.3 Å². The highest BCUT2D eigenvalue weighted by atomic mass is 32.1. The summed E-state index contributed by atoms with van der Waals surface area (Å²) in [6, 6.07) is 1.87. The van der Waals surface area contributed by atoms with Crippen LogP contribution in [0.25, 0.3) is 0 Å². The molecule has 1 aromatic rings. The smallest absolute Gasteiger partial charge is 0.321 e. The van der Waals surface area contributed by atoms with Crippen LogP contribution < -0.4 is 0 Å². The standard InChI is InChI=1S/C13H19NO2S/c1-8-4-5-14(12(8)13(15)16)7-11-6-9(2)17-10(11)3/h6,8,12H,4-5,7H2,1-3H3,(H,15,16). The highest BCUT2D eigenvalue weighted by molar-refractivity contribution is 7.12. The number of hydrogen-bond acceptors (Lipinski definition) is 3. The summed E-state index contributed by atoms with van der Waals surface area (Å²) in [5.74, 6) is -0.424. The van der Waals surface area contributed by atoms with Crippen molar-refractivity contribution in [2.45, 2.75) is 39.8 Å². The molecule has 1 aliphatic rings. The fourth-order valence-corrected chi connectivity index (χ4v) is 3.60. The Bertz CT molecular complexity index is 427. The van der Waals surface area contributed by atoms with Gasteiger partial charge in [-0.2, -0.15) is 0 Å². The van der Waals surface area contributed by atoms with E-state index in [9.17, 15) is 9.90 Å². The van der Waals surface area contributed by atoms with Gasteiger partial charge in [-0.25, -0.2) is 0 Å². The van der Waals surface area contributed by atoms with Gasteiger partial charge in [-0.1, -0.05) is 6.92 Å². The molecule has 1 aromatic heterocycles. The molecule has 2 heterocycles. The fraction of sp³-hybridized carbons (Fsp3) is 0.615. The number of thiophene rings is 1. The van der Waals surface area contributed by atoms with Crippen LogP contribution in [0.5, 0.6) is 0 Å². The zero-order chi connectivity index (χ0) is 12.6. The highest BCUT2D eigenvalue weighted by Gasteiger charge is 2.36. The lowest BCUT2D eigenvalue weighted by Crippen LogP contribution is -2.38. The molecule has 2 unspecified atom stereocenters. The monoisotopic (exact) mass is 253 g/mol. The number of carboxylic acids is 1. The van der Waals surface area contributed by atoms with Crippen LogP contribution in [0.3, 0.4) is 0 Å². The molecule has 0 spiro atoms. The van der Waals surface area contributed by atoms with Gasteiger partial charge in [0.15, 0.2) is 0 Å². The van der Waals surface area contributed by atoms with Gasteiger partial charge in [-0.3, -0.25) is 9.69 Å². The lowest BCUT2D eigenvalue weighted by atomic mass is 10.0. The van der Waals surface area contributed by atoms with Gasteiger partial charge in [0, 0.05) is 16.3 Å². The molecule has 3 nitrogen and oxygen atoms in total. The minimum Gasteiger partial charge on any atom is -0.480 e. The number of aliphatic carboxylic acids is 1. The number of carbonyl (C=O) groups is 1. The van der Waals surface area contributed by atoms with Crippen molar-refractivity contribution >= 4 is 17.3 Å². The van der Waals surface area contributed by atoms with E-state index in [2.05, 4.69) is 24.8 Å². The van der Waals surface area contributed by atoms with Crippen molar-refractivity contribution < 1.29 is 9.90 Å². The largest absolute Gasteiger partial charge is 0.480 e. The molecule has 17 heavy (non-hydrogen) atoms. The van der Waals surface area contributed by atoms with E-state index in [4.69, 9.17) is 0 Å². The summed E-state index contributed by atoms with van der Waals surface area (Å²) in [6.45, 7) is 7.92. The normalized spacial score (nSPS) is 25.4. The Labute approximate surface area is 106 Å². The first-order valence-electron chi connectivity index (χ1n) is 6.02. The molecule has 1 saturated heterocycles. The summed E-state index contributed by atoms with van der Waals surface area (Å²) in [5, 5.41) is 9.27. The van der Waals surface area contributed by atoms with Gasteiger partial charge in [0.2, 0.25) is 0 Å². The first-order chi connectivity index (χ1) is 7.99. The molecule has 4 heteroatoms. The van der Waals surface area contributed by atoms with Crippen molar-refractivity contribution in [1.82, 2.24) is 4.90 Å². The van der Waals surface area contributed by atoms with Crippen LogP contribution in [0.2, 0.25) is 0 Å². The van der Waals surface area contributed by atoms with E-state index in [1.807, 2.05) is 6.92 Å². The summed E-state index contributed by atoms with van der Waals surface area (Å²) in [7, 11) is 0. The van der Waals surface area contributed by atoms with Crippen molar-refractivity contribution in [2.24, 2.45) is 5.92 Å². The predicted molar refractivity (Wildman–Crippen MR) is 69.4 cm³/mol. The fourth-order valence-electron chi connectivity index (χ4n) is 2.66. The second-order valence-corrected chi connectivity index (χ2v) is 6.42. The minimum atomic E-state index is -0.681. The Morgan fingerprint density at radius 2 is 2.29 bits per heavy atom. The summed E-state index contributed by atoms with van der Waals surface area (Å²) in [5.41, 5.74) is 1.29. The van der Waals surface area contributed by atoms with Gasteiger partial charge in [-0.05, 0) is 44.4 Å². The van der Waals surface area contributed by atoms with Crippen LogP contribution in [0.1, 0.15) is 28.7 Å². The Morgan fingerprint density at radius 1 is 1.59 bits per heavy atom. The van der Waals surface area contributed by atoms with Crippen molar-refractivity contribution in [2.75, 3.05) is 6.54 Å². The Morgan fingerprint density at radius 3 is 2.82 bits per heavy atom. The average Bonchev–Trinajstić information content (AvgIpc) is 2.71. The van der Waals surface area contributed by atoms with Gasteiger partial charge in [0.05, 0.1) is 0 Å². The Kier molecular flexibility index (Phi) is 3.54. The number of hydrogen-bond donors (Lipinski definition) is 1. The zero-order valence-electron chi connectivity index (χ0n) is 10.6. The molecule has 2 atom stereocenters. The number of rotatable bonds is 3. The van der Waals surface area contributed by atoms with Crippen LogP contribution in [-0.2, 0) is 11.3 Å². The van der Waals surface area contributed by atoms with E-state index in [0.717, 1.165) is 19.5 Å². The second kappa shape index (κ2) is 4.78. The van der Waals surface area contributed by atoms with Gasteiger partial charge in [0.25, 0.3) is 0 Å². The molecule has 1 N–H and O–H groups in total. The summed E-state index contributed by atoms with van der Waals surface area (Å²) >= 11 is 1.79. The third kappa shape index (κ3) is 2.53. The summed E-state index contributed by atoms with van der Waals surface area (Å²) in [4.78, 5) is 16.0. The van der Waals surface area contributed by atoms with Gasteiger partial charge in [-0.15, -0.1) is 11.3 Å².